The lowest BCUT2D eigenvalue weighted by Gasteiger charge is -2.15. The molecular weight excluding hydrogens is 254 g/mol. The van der Waals surface area contributed by atoms with Crippen LogP contribution in [0.1, 0.15) is 47.5 Å². The van der Waals surface area contributed by atoms with Crippen LogP contribution in [0.15, 0.2) is 18.3 Å². The van der Waals surface area contributed by atoms with Crippen molar-refractivity contribution in [2.45, 2.75) is 26.7 Å². The number of carbonyl (C=O) groups excluding carboxylic acids is 2. The van der Waals surface area contributed by atoms with Crippen molar-refractivity contribution in [3.05, 3.63) is 29.6 Å². The van der Waals surface area contributed by atoms with E-state index in [1.807, 2.05) is 18.7 Å². The van der Waals surface area contributed by atoms with E-state index in [1.54, 1.807) is 12.1 Å². The van der Waals surface area contributed by atoms with E-state index in [4.69, 9.17) is 0 Å². The number of hydrogen-bond acceptors (Lipinski definition) is 3. The van der Waals surface area contributed by atoms with E-state index in [2.05, 4.69) is 10.3 Å². The fourth-order valence-corrected chi connectivity index (χ4v) is 2.18. The molecule has 1 saturated heterocycles. The van der Waals surface area contributed by atoms with E-state index in [1.165, 1.54) is 6.20 Å². The van der Waals surface area contributed by atoms with E-state index >= 15 is 0 Å². The first-order valence-electron chi connectivity index (χ1n) is 7.11. The highest BCUT2D eigenvalue weighted by Crippen LogP contribution is 2.13. The number of rotatable bonds is 4. The zero-order chi connectivity index (χ0) is 14.5. The van der Waals surface area contributed by atoms with E-state index in [0.717, 1.165) is 25.9 Å². The van der Waals surface area contributed by atoms with Gasteiger partial charge in [-0.25, -0.2) is 0 Å². The summed E-state index contributed by atoms with van der Waals surface area (Å²) in [5.74, 6) is 0.144. The number of pyridine rings is 1. The van der Waals surface area contributed by atoms with Gasteiger partial charge >= 0.3 is 0 Å². The maximum Gasteiger partial charge on any atom is 0.269 e. The molecule has 20 heavy (non-hydrogen) atoms. The van der Waals surface area contributed by atoms with Crippen molar-refractivity contribution < 1.29 is 9.59 Å². The summed E-state index contributed by atoms with van der Waals surface area (Å²) in [5.41, 5.74) is 0.840. The standard InChI is InChI=1S/C15H21N3O2/c1-11(2)10-17-14(19)13-9-12(5-6-16-13)15(20)18-7-3-4-8-18/h5-6,9,11H,3-4,7-8,10H2,1-2H3,(H,17,19). The topological polar surface area (TPSA) is 62.3 Å². The highest BCUT2D eigenvalue weighted by molar-refractivity contribution is 5.98. The van der Waals surface area contributed by atoms with Crippen molar-refractivity contribution in [3.8, 4) is 0 Å². The molecule has 1 aliphatic rings. The van der Waals surface area contributed by atoms with Gasteiger partial charge in [0.05, 0.1) is 0 Å². The molecule has 1 N–H and O–H groups in total. The smallest absolute Gasteiger partial charge is 0.269 e. The minimum Gasteiger partial charge on any atom is -0.350 e. The van der Waals surface area contributed by atoms with Crippen molar-refractivity contribution in [1.29, 1.82) is 0 Å². The van der Waals surface area contributed by atoms with Gasteiger partial charge in [0, 0.05) is 31.4 Å². The van der Waals surface area contributed by atoms with Crippen LogP contribution in [0.2, 0.25) is 0 Å². The van der Waals surface area contributed by atoms with Crippen LogP contribution in [0.25, 0.3) is 0 Å². The molecule has 1 aliphatic heterocycles. The molecule has 2 rings (SSSR count). The zero-order valence-corrected chi connectivity index (χ0v) is 12.1. The fourth-order valence-electron chi connectivity index (χ4n) is 2.18. The third kappa shape index (κ3) is 3.56. The lowest BCUT2D eigenvalue weighted by Crippen LogP contribution is -2.30. The number of hydrogen-bond donors (Lipinski definition) is 1. The first-order chi connectivity index (χ1) is 9.58. The normalized spacial score (nSPS) is 14.7. The van der Waals surface area contributed by atoms with Gasteiger partial charge in [0.2, 0.25) is 0 Å². The highest BCUT2D eigenvalue weighted by Gasteiger charge is 2.20. The van der Waals surface area contributed by atoms with Crippen LogP contribution in [0, 0.1) is 5.92 Å². The predicted molar refractivity (Wildman–Crippen MR) is 76.5 cm³/mol. The molecule has 0 aromatic carbocycles. The quantitative estimate of drug-likeness (QED) is 0.909. The Morgan fingerprint density at radius 2 is 2.05 bits per heavy atom. The Bertz CT molecular complexity index is 494. The molecule has 1 aromatic rings. The molecule has 1 aromatic heterocycles. The van der Waals surface area contributed by atoms with Gasteiger partial charge in [-0.3, -0.25) is 14.6 Å². The second kappa shape index (κ2) is 6.50. The molecule has 5 heteroatoms. The molecule has 2 amide bonds. The molecule has 0 radical (unpaired) electrons. The van der Waals surface area contributed by atoms with Gasteiger partial charge in [-0.05, 0) is 30.9 Å². The van der Waals surface area contributed by atoms with Crippen LogP contribution in [-0.2, 0) is 0 Å². The molecular formula is C15H21N3O2. The van der Waals surface area contributed by atoms with Crippen LogP contribution in [0.4, 0.5) is 0 Å². The number of amides is 2. The molecule has 1 fully saturated rings. The molecule has 0 aliphatic carbocycles. The minimum atomic E-state index is -0.227. The lowest BCUT2D eigenvalue weighted by atomic mass is 10.2. The number of aromatic nitrogens is 1. The monoisotopic (exact) mass is 275 g/mol. The van der Waals surface area contributed by atoms with Crippen molar-refractivity contribution >= 4 is 11.8 Å². The van der Waals surface area contributed by atoms with Gasteiger partial charge in [0.25, 0.3) is 11.8 Å². The van der Waals surface area contributed by atoms with Crippen LogP contribution in [0.3, 0.4) is 0 Å². The summed E-state index contributed by atoms with van der Waals surface area (Å²) in [6.45, 7) is 6.26. The number of carbonyl (C=O) groups is 2. The average molecular weight is 275 g/mol. The third-order valence-corrected chi connectivity index (χ3v) is 3.30. The fraction of sp³-hybridized carbons (Fsp3) is 0.533. The Kier molecular flexibility index (Phi) is 4.71. The maximum atomic E-state index is 12.3. The van der Waals surface area contributed by atoms with Crippen LogP contribution in [0.5, 0.6) is 0 Å². The molecule has 0 spiro atoms. The minimum absolute atomic E-state index is 0.0113. The Hall–Kier alpha value is -1.91. The molecule has 0 saturated carbocycles. The number of nitrogens with one attached hydrogen (secondary N) is 1. The summed E-state index contributed by atoms with van der Waals surface area (Å²) >= 11 is 0. The Morgan fingerprint density at radius 3 is 2.70 bits per heavy atom. The average Bonchev–Trinajstić information content (AvgIpc) is 2.98. The number of nitrogens with zero attached hydrogens (tertiary/aromatic N) is 2. The predicted octanol–water partition coefficient (Wildman–Crippen LogP) is 1.70. The van der Waals surface area contributed by atoms with Crippen molar-refractivity contribution in [1.82, 2.24) is 15.2 Å². The maximum absolute atomic E-state index is 12.3. The van der Waals surface area contributed by atoms with Gasteiger partial charge in [-0.1, -0.05) is 13.8 Å². The molecule has 0 atom stereocenters. The Balaban J connectivity index is 2.07. The summed E-state index contributed by atoms with van der Waals surface area (Å²) in [7, 11) is 0. The second-order valence-electron chi connectivity index (χ2n) is 5.53. The largest absolute Gasteiger partial charge is 0.350 e. The number of likely N-dealkylation sites (tertiary alicyclic amines) is 1. The van der Waals surface area contributed by atoms with Crippen molar-refractivity contribution in [3.63, 3.8) is 0 Å². The molecule has 0 unspecified atom stereocenters. The van der Waals surface area contributed by atoms with E-state index in [-0.39, 0.29) is 11.8 Å². The molecule has 0 bridgehead atoms. The first kappa shape index (κ1) is 14.5. The van der Waals surface area contributed by atoms with Gasteiger partial charge in [-0.2, -0.15) is 0 Å². The van der Waals surface area contributed by atoms with Crippen LogP contribution < -0.4 is 5.32 Å². The summed E-state index contributed by atoms with van der Waals surface area (Å²) < 4.78 is 0. The van der Waals surface area contributed by atoms with Crippen LogP contribution >= 0.6 is 0 Å². The molecule has 108 valence electrons. The Morgan fingerprint density at radius 1 is 1.35 bits per heavy atom. The van der Waals surface area contributed by atoms with Crippen molar-refractivity contribution in [2.24, 2.45) is 5.92 Å². The zero-order valence-electron chi connectivity index (χ0n) is 12.1. The third-order valence-electron chi connectivity index (χ3n) is 3.30. The Labute approximate surface area is 119 Å². The molecule has 5 nitrogen and oxygen atoms in total. The van der Waals surface area contributed by atoms with Gasteiger partial charge in [0.15, 0.2) is 0 Å². The van der Waals surface area contributed by atoms with Gasteiger partial charge in [-0.15, -0.1) is 0 Å². The van der Waals surface area contributed by atoms with E-state index < -0.39 is 0 Å². The summed E-state index contributed by atoms with van der Waals surface area (Å²) in [5, 5.41) is 2.81. The second-order valence-corrected chi connectivity index (χ2v) is 5.53. The van der Waals surface area contributed by atoms with Crippen LogP contribution in [-0.4, -0.2) is 41.3 Å². The first-order valence-corrected chi connectivity index (χ1v) is 7.11. The summed E-state index contributed by atoms with van der Waals surface area (Å²) in [6, 6.07) is 3.25. The molecule has 2 heterocycles. The van der Waals surface area contributed by atoms with Crippen molar-refractivity contribution in [2.75, 3.05) is 19.6 Å². The van der Waals surface area contributed by atoms with E-state index in [9.17, 15) is 9.59 Å². The van der Waals surface area contributed by atoms with Gasteiger partial charge < -0.3 is 10.2 Å². The van der Waals surface area contributed by atoms with Gasteiger partial charge in [0.1, 0.15) is 5.69 Å². The summed E-state index contributed by atoms with van der Waals surface area (Å²) in [4.78, 5) is 30.1. The van der Waals surface area contributed by atoms with E-state index in [0.29, 0.717) is 23.7 Å². The highest BCUT2D eigenvalue weighted by atomic mass is 16.2. The summed E-state index contributed by atoms with van der Waals surface area (Å²) in [6.07, 6.45) is 3.63. The lowest BCUT2D eigenvalue weighted by molar-refractivity contribution is 0.0792. The SMILES string of the molecule is CC(C)CNC(=O)c1cc(C(=O)N2CCCC2)ccn1.